The summed E-state index contributed by atoms with van der Waals surface area (Å²) in [5.74, 6) is 0.978. The first-order valence-corrected chi connectivity index (χ1v) is 15.1. The molecule has 0 unspecified atom stereocenters. The standard InChI is InChI=1S/C38H32N2S/c1-38(2,3)24-26-21-22-35-31(23-26)32(25-41-35)37-39-33-19-10-11-20-34(33)40(37)36-29(27-13-6-4-7-14-27)17-12-18-30(36)28-15-8-5-9-16-28/h4-23,25H,24H2,1-3H3. The van der Waals surface area contributed by atoms with Crippen molar-refractivity contribution in [3.05, 3.63) is 132 Å². The molecule has 0 N–H and O–H groups in total. The monoisotopic (exact) mass is 548 g/mol. The summed E-state index contributed by atoms with van der Waals surface area (Å²) in [6.07, 6.45) is 1.03. The first-order valence-electron chi connectivity index (χ1n) is 14.2. The van der Waals surface area contributed by atoms with Gasteiger partial charge in [-0.05, 0) is 52.8 Å². The molecule has 0 radical (unpaired) electrons. The lowest BCUT2D eigenvalue weighted by molar-refractivity contribution is 0.411. The number of rotatable bonds is 5. The van der Waals surface area contributed by atoms with Gasteiger partial charge in [0.1, 0.15) is 5.82 Å². The summed E-state index contributed by atoms with van der Waals surface area (Å²) in [4.78, 5) is 5.33. The van der Waals surface area contributed by atoms with E-state index < -0.39 is 0 Å². The number of nitrogens with zero attached hydrogens (tertiary/aromatic N) is 2. The Bertz CT molecular complexity index is 1930. The van der Waals surface area contributed by atoms with Gasteiger partial charge in [0.15, 0.2) is 0 Å². The van der Waals surface area contributed by atoms with E-state index in [0.717, 1.165) is 29.0 Å². The van der Waals surface area contributed by atoms with Gasteiger partial charge in [-0.2, -0.15) is 0 Å². The number of imidazole rings is 1. The van der Waals surface area contributed by atoms with Crippen LogP contribution in [0.3, 0.4) is 0 Å². The number of hydrogen-bond acceptors (Lipinski definition) is 2. The Morgan fingerprint density at radius 2 is 1.29 bits per heavy atom. The van der Waals surface area contributed by atoms with Crippen LogP contribution in [0.5, 0.6) is 0 Å². The molecule has 0 aliphatic rings. The number of thiophene rings is 1. The number of fused-ring (bicyclic) bond motifs is 2. The van der Waals surface area contributed by atoms with E-state index in [2.05, 4.69) is 152 Å². The summed E-state index contributed by atoms with van der Waals surface area (Å²) in [6.45, 7) is 6.91. The van der Waals surface area contributed by atoms with E-state index in [1.165, 1.54) is 43.5 Å². The second-order valence-corrected chi connectivity index (χ2v) is 12.8. The van der Waals surface area contributed by atoms with Gasteiger partial charge in [0, 0.05) is 32.2 Å². The average molecular weight is 549 g/mol. The van der Waals surface area contributed by atoms with Crippen molar-refractivity contribution in [3.8, 4) is 39.3 Å². The van der Waals surface area contributed by atoms with E-state index in [4.69, 9.17) is 4.98 Å². The Morgan fingerprint density at radius 3 is 1.95 bits per heavy atom. The largest absolute Gasteiger partial charge is 0.291 e. The highest BCUT2D eigenvalue weighted by Crippen LogP contribution is 2.43. The predicted octanol–water partition coefficient (Wildman–Crippen LogP) is 10.8. The molecule has 41 heavy (non-hydrogen) atoms. The van der Waals surface area contributed by atoms with Crippen molar-refractivity contribution in [2.24, 2.45) is 5.41 Å². The van der Waals surface area contributed by atoms with Gasteiger partial charge in [0.05, 0.1) is 16.7 Å². The Kier molecular flexibility index (Phi) is 6.33. The molecule has 200 valence electrons. The third kappa shape index (κ3) is 4.77. The zero-order valence-electron chi connectivity index (χ0n) is 23.6. The SMILES string of the molecule is CC(C)(C)Cc1ccc2scc(-c3nc4ccccc4n3-c3c(-c4ccccc4)cccc3-c3ccccc3)c2c1. The molecular formula is C38H32N2S. The molecule has 2 heterocycles. The summed E-state index contributed by atoms with van der Waals surface area (Å²) >= 11 is 1.80. The van der Waals surface area contributed by atoms with Gasteiger partial charge in [0.25, 0.3) is 0 Å². The van der Waals surface area contributed by atoms with Crippen LogP contribution in [0.1, 0.15) is 26.3 Å². The van der Waals surface area contributed by atoms with Gasteiger partial charge < -0.3 is 0 Å². The molecule has 0 aliphatic carbocycles. The minimum atomic E-state index is 0.218. The highest BCUT2D eigenvalue weighted by atomic mass is 32.1. The van der Waals surface area contributed by atoms with E-state index in [9.17, 15) is 0 Å². The fraction of sp³-hybridized carbons (Fsp3) is 0.132. The molecule has 3 heteroatoms. The lowest BCUT2D eigenvalue weighted by Crippen LogP contribution is -2.08. The third-order valence-corrected chi connectivity index (χ3v) is 8.57. The van der Waals surface area contributed by atoms with Crippen LogP contribution >= 0.6 is 11.3 Å². The fourth-order valence-electron chi connectivity index (χ4n) is 5.89. The molecule has 0 atom stereocenters. The Balaban J connectivity index is 1.57. The van der Waals surface area contributed by atoms with Gasteiger partial charge in [0.2, 0.25) is 0 Å². The van der Waals surface area contributed by atoms with E-state index in [-0.39, 0.29) is 5.41 Å². The molecule has 0 fully saturated rings. The average Bonchev–Trinajstić information content (AvgIpc) is 3.58. The lowest BCUT2D eigenvalue weighted by atomic mass is 9.88. The number of benzene rings is 5. The van der Waals surface area contributed by atoms with Crippen LogP contribution in [-0.2, 0) is 6.42 Å². The minimum absolute atomic E-state index is 0.218. The van der Waals surface area contributed by atoms with Crippen LogP contribution in [0.4, 0.5) is 0 Å². The summed E-state index contributed by atoms with van der Waals surface area (Å²) in [7, 11) is 0. The first-order chi connectivity index (χ1) is 20.0. The fourth-order valence-corrected chi connectivity index (χ4v) is 6.81. The van der Waals surface area contributed by atoms with Crippen LogP contribution in [0.2, 0.25) is 0 Å². The second-order valence-electron chi connectivity index (χ2n) is 11.9. The maximum atomic E-state index is 5.33. The lowest BCUT2D eigenvalue weighted by Gasteiger charge is -2.20. The highest BCUT2D eigenvalue weighted by molar-refractivity contribution is 7.17. The Labute approximate surface area is 245 Å². The summed E-state index contributed by atoms with van der Waals surface area (Å²) < 4.78 is 3.69. The van der Waals surface area contributed by atoms with Crippen molar-refractivity contribution in [2.45, 2.75) is 27.2 Å². The molecule has 0 amide bonds. The van der Waals surface area contributed by atoms with Gasteiger partial charge in [-0.15, -0.1) is 11.3 Å². The number of aromatic nitrogens is 2. The molecule has 0 aliphatic heterocycles. The molecule has 5 aromatic carbocycles. The molecule has 0 spiro atoms. The third-order valence-electron chi connectivity index (χ3n) is 7.60. The van der Waals surface area contributed by atoms with Gasteiger partial charge in [-0.3, -0.25) is 4.57 Å². The van der Waals surface area contributed by atoms with Crippen LogP contribution in [-0.4, -0.2) is 9.55 Å². The molecule has 0 bridgehead atoms. The molecular weight excluding hydrogens is 516 g/mol. The molecule has 7 aromatic rings. The Hall–Kier alpha value is -4.47. The molecule has 2 aromatic heterocycles. The normalized spacial score (nSPS) is 11.9. The van der Waals surface area contributed by atoms with Crippen molar-refractivity contribution in [3.63, 3.8) is 0 Å². The zero-order chi connectivity index (χ0) is 28.0. The van der Waals surface area contributed by atoms with Gasteiger partial charge >= 0.3 is 0 Å². The molecule has 0 saturated heterocycles. The van der Waals surface area contributed by atoms with Crippen LogP contribution < -0.4 is 0 Å². The van der Waals surface area contributed by atoms with Crippen molar-refractivity contribution in [1.29, 1.82) is 0 Å². The first kappa shape index (κ1) is 25.5. The maximum Gasteiger partial charge on any atom is 0.147 e. The van der Waals surface area contributed by atoms with E-state index >= 15 is 0 Å². The van der Waals surface area contributed by atoms with E-state index in [1.54, 1.807) is 11.3 Å². The summed E-state index contributed by atoms with van der Waals surface area (Å²) in [5, 5.41) is 3.56. The summed E-state index contributed by atoms with van der Waals surface area (Å²) in [6, 6.07) is 43.5. The smallest absolute Gasteiger partial charge is 0.147 e. The number of hydrogen-bond donors (Lipinski definition) is 0. The highest BCUT2D eigenvalue weighted by Gasteiger charge is 2.23. The van der Waals surface area contributed by atoms with E-state index in [1.807, 2.05) is 0 Å². The summed E-state index contributed by atoms with van der Waals surface area (Å²) in [5.41, 5.74) is 10.8. The van der Waals surface area contributed by atoms with Crippen LogP contribution in [0.15, 0.2) is 127 Å². The van der Waals surface area contributed by atoms with Gasteiger partial charge in [-0.1, -0.05) is 118 Å². The quantitative estimate of drug-likeness (QED) is 0.209. The van der Waals surface area contributed by atoms with Crippen molar-refractivity contribution in [2.75, 3.05) is 0 Å². The minimum Gasteiger partial charge on any atom is -0.291 e. The molecule has 2 nitrogen and oxygen atoms in total. The topological polar surface area (TPSA) is 17.8 Å². The number of para-hydroxylation sites is 3. The Morgan fingerprint density at radius 1 is 0.659 bits per heavy atom. The van der Waals surface area contributed by atoms with Crippen molar-refractivity contribution < 1.29 is 0 Å². The predicted molar refractivity (Wildman–Crippen MR) is 176 cm³/mol. The molecule has 7 rings (SSSR count). The second kappa shape index (κ2) is 10.2. The van der Waals surface area contributed by atoms with Gasteiger partial charge in [-0.25, -0.2) is 4.98 Å². The van der Waals surface area contributed by atoms with E-state index in [0.29, 0.717) is 0 Å². The van der Waals surface area contributed by atoms with Crippen molar-refractivity contribution >= 4 is 32.5 Å². The zero-order valence-corrected chi connectivity index (χ0v) is 24.5. The van der Waals surface area contributed by atoms with Crippen LogP contribution in [0, 0.1) is 5.41 Å². The maximum absolute atomic E-state index is 5.33. The molecule has 0 saturated carbocycles. The van der Waals surface area contributed by atoms with Crippen LogP contribution in [0.25, 0.3) is 60.4 Å². The van der Waals surface area contributed by atoms with Crippen molar-refractivity contribution in [1.82, 2.24) is 9.55 Å².